The molecule has 1 atom stereocenters. The second-order valence-electron chi connectivity index (χ2n) is 5.14. The maximum absolute atomic E-state index is 12.7. The Hall–Kier alpha value is -1.33. The molecule has 5 heteroatoms. The lowest BCUT2D eigenvalue weighted by atomic mass is 10.1. The van der Waals surface area contributed by atoms with Crippen LogP contribution in [-0.4, -0.2) is 0 Å². The molecule has 1 heterocycles. The van der Waals surface area contributed by atoms with Gasteiger partial charge in [-0.3, -0.25) is 0 Å². The Morgan fingerprint density at radius 2 is 1.90 bits per heavy atom. The van der Waals surface area contributed by atoms with E-state index >= 15 is 0 Å². The van der Waals surface area contributed by atoms with Gasteiger partial charge in [0.25, 0.3) is 0 Å². The van der Waals surface area contributed by atoms with Crippen molar-refractivity contribution in [2.75, 3.05) is 0 Å². The Kier molecular flexibility index (Phi) is 3.34. The molecule has 1 nitrogen and oxygen atoms in total. The molecule has 0 spiro atoms. The number of benzene rings is 1. The van der Waals surface area contributed by atoms with Gasteiger partial charge in [-0.15, -0.1) is 11.3 Å². The maximum atomic E-state index is 12.7. The molecule has 0 bridgehead atoms. The van der Waals surface area contributed by atoms with Crippen molar-refractivity contribution in [3.63, 3.8) is 0 Å². The van der Waals surface area contributed by atoms with Crippen molar-refractivity contribution in [3.8, 4) is 10.4 Å². The third kappa shape index (κ3) is 2.74. The first-order valence-electron chi connectivity index (χ1n) is 6.48. The number of hydrogen-bond acceptors (Lipinski definition) is 2. The summed E-state index contributed by atoms with van der Waals surface area (Å²) in [4.78, 5) is 1.89. The highest BCUT2D eigenvalue weighted by molar-refractivity contribution is 7.15. The molecule has 0 amide bonds. The molecular formula is C15H14F3NS. The Morgan fingerprint density at radius 1 is 1.15 bits per heavy atom. The first-order valence-corrected chi connectivity index (χ1v) is 7.30. The normalized spacial score (nSPS) is 17.2. The number of thiophene rings is 1. The molecule has 0 saturated heterocycles. The molecule has 3 rings (SSSR count). The monoisotopic (exact) mass is 297 g/mol. The van der Waals surface area contributed by atoms with Crippen LogP contribution in [0.4, 0.5) is 13.2 Å². The number of rotatable bonds is 3. The first-order chi connectivity index (χ1) is 9.45. The van der Waals surface area contributed by atoms with Gasteiger partial charge < -0.3 is 5.73 Å². The Morgan fingerprint density at radius 3 is 2.55 bits per heavy atom. The van der Waals surface area contributed by atoms with Crippen LogP contribution in [0, 0.1) is 5.92 Å². The molecule has 1 fully saturated rings. The van der Waals surface area contributed by atoms with Gasteiger partial charge in [0.1, 0.15) is 0 Å². The van der Waals surface area contributed by atoms with Crippen LogP contribution in [0.5, 0.6) is 0 Å². The number of alkyl halides is 3. The lowest BCUT2D eigenvalue weighted by Crippen LogP contribution is -2.10. The standard InChI is InChI=1S/C15H14F3NS/c16-15(17,18)11-3-1-2-10(8-11)12-6-7-13(20-12)14(19)9-4-5-9/h1-3,6-9,14H,4-5,19H2. The van der Waals surface area contributed by atoms with Crippen LogP contribution in [0.2, 0.25) is 0 Å². The van der Waals surface area contributed by atoms with Crippen LogP contribution >= 0.6 is 11.3 Å². The predicted octanol–water partition coefficient (Wildman–Crippen LogP) is 4.84. The summed E-state index contributed by atoms with van der Waals surface area (Å²) in [6.45, 7) is 0. The Labute approximate surface area is 119 Å². The minimum Gasteiger partial charge on any atom is -0.323 e. The van der Waals surface area contributed by atoms with Crippen LogP contribution in [0.3, 0.4) is 0 Å². The van der Waals surface area contributed by atoms with Crippen LogP contribution in [0.1, 0.15) is 29.3 Å². The van der Waals surface area contributed by atoms with Crippen LogP contribution < -0.4 is 5.73 Å². The molecule has 20 heavy (non-hydrogen) atoms. The minimum atomic E-state index is -4.31. The topological polar surface area (TPSA) is 26.0 Å². The Balaban J connectivity index is 1.89. The fraction of sp³-hybridized carbons (Fsp3) is 0.333. The average Bonchev–Trinajstić information content (AvgIpc) is 3.14. The highest BCUT2D eigenvalue weighted by atomic mass is 32.1. The van der Waals surface area contributed by atoms with E-state index in [1.54, 1.807) is 6.07 Å². The first kappa shape index (κ1) is 13.6. The molecule has 1 aromatic carbocycles. The molecule has 1 aliphatic rings. The van der Waals surface area contributed by atoms with E-state index in [-0.39, 0.29) is 6.04 Å². The van der Waals surface area contributed by atoms with Gasteiger partial charge in [0.2, 0.25) is 0 Å². The second-order valence-corrected chi connectivity index (χ2v) is 6.26. The molecule has 2 aromatic rings. The van der Waals surface area contributed by atoms with Gasteiger partial charge in [-0.05, 0) is 48.6 Å². The number of halogens is 3. The van der Waals surface area contributed by atoms with E-state index in [4.69, 9.17) is 5.73 Å². The van der Waals surface area contributed by atoms with Crippen molar-refractivity contribution >= 4 is 11.3 Å². The summed E-state index contributed by atoms with van der Waals surface area (Å²) in [5.41, 5.74) is 6.10. The van der Waals surface area contributed by atoms with Crippen molar-refractivity contribution < 1.29 is 13.2 Å². The van der Waals surface area contributed by atoms with Crippen molar-refractivity contribution in [2.45, 2.75) is 25.1 Å². The largest absolute Gasteiger partial charge is 0.416 e. The van der Waals surface area contributed by atoms with Crippen molar-refractivity contribution in [1.29, 1.82) is 0 Å². The molecule has 1 saturated carbocycles. The molecule has 0 aliphatic heterocycles. The van der Waals surface area contributed by atoms with E-state index in [1.165, 1.54) is 23.5 Å². The lowest BCUT2D eigenvalue weighted by Gasteiger charge is -2.08. The van der Waals surface area contributed by atoms with E-state index in [9.17, 15) is 13.2 Å². The highest BCUT2D eigenvalue weighted by Crippen LogP contribution is 2.43. The smallest absolute Gasteiger partial charge is 0.323 e. The summed E-state index contributed by atoms with van der Waals surface area (Å²) >= 11 is 1.49. The van der Waals surface area contributed by atoms with E-state index < -0.39 is 11.7 Å². The molecule has 106 valence electrons. The molecular weight excluding hydrogens is 283 g/mol. The van der Waals surface area contributed by atoms with Gasteiger partial charge >= 0.3 is 6.18 Å². The molecule has 2 N–H and O–H groups in total. The van der Waals surface area contributed by atoms with Gasteiger partial charge in [0, 0.05) is 15.8 Å². The lowest BCUT2D eigenvalue weighted by molar-refractivity contribution is -0.137. The minimum absolute atomic E-state index is 0.0274. The number of hydrogen-bond donors (Lipinski definition) is 1. The summed E-state index contributed by atoms with van der Waals surface area (Å²) in [6, 6.07) is 9.25. The summed E-state index contributed by atoms with van der Waals surface area (Å²) in [5, 5.41) is 0. The number of nitrogens with two attached hydrogens (primary N) is 1. The Bertz CT molecular complexity index is 614. The predicted molar refractivity (Wildman–Crippen MR) is 74.4 cm³/mol. The third-order valence-electron chi connectivity index (χ3n) is 3.56. The second kappa shape index (κ2) is 4.90. The SMILES string of the molecule is NC(c1ccc(-c2cccc(C(F)(F)F)c2)s1)C1CC1. The third-order valence-corrected chi connectivity index (χ3v) is 4.80. The van der Waals surface area contributed by atoms with Crippen LogP contribution in [0.15, 0.2) is 36.4 Å². The van der Waals surface area contributed by atoms with E-state index in [0.29, 0.717) is 11.5 Å². The van der Waals surface area contributed by atoms with Gasteiger partial charge in [-0.2, -0.15) is 13.2 Å². The van der Waals surface area contributed by atoms with Crippen molar-refractivity contribution in [2.24, 2.45) is 11.7 Å². The summed E-state index contributed by atoms with van der Waals surface area (Å²) in [6.07, 6.45) is -2.00. The van der Waals surface area contributed by atoms with E-state index in [0.717, 1.165) is 28.7 Å². The van der Waals surface area contributed by atoms with Gasteiger partial charge in [0.15, 0.2) is 0 Å². The zero-order valence-corrected chi connectivity index (χ0v) is 11.5. The molecule has 1 unspecified atom stereocenters. The summed E-state index contributed by atoms with van der Waals surface area (Å²) in [5.74, 6) is 0.544. The zero-order valence-electron chi connectivity index (χ0n) is 10.7. The average molecular weight is 297 g/mol. The zero-order chi connectivity index (χ0) is 14.3. The van der Waals surface area contributed by atoms with Gasteiger partial charge in [-0.25, -0.2) is 0 Å². The summed E-state index contributed by atoms with van der Waals surface area (Å²) < 4.78 is 38.1. The fourth-order valence-corrected chi connectivity index (χ4v) is 3.32. The molecule has 1 aliphatic carbocycles. The van der Waals surface area contributed by atoms with Gasteiger partial charge in [-0.1, -0.05) is 12.1 Å². The fourth-order valence-electron chi connectivity index (χ4n) is 2.22. The highest BCUT2D eigenvalue weighted by Gasteiger charge is 2.31. The molecule has 1 aromatic heterocycles. The quantitative estimate of drug-likeness (QED) is 0.861. The van der Waals surface area contributed by atoms with Crippen LogP contribution in [-0.2, 0) is 6.18 Å². The van der Waals surface area contributed by atoms with Crippen molar-refractivity contribution in [1.82, 2.24) is 0 Å². The van der Waals surface area contributed by atoms with E-state index in [1.807, 2.05) is 12.1 Å². The van der Waals surface area contributed by atoms with Gasteiger partial charge in [0.05, 0.1) is 5.56 Å². The van der Waals surface area contributed by atoms with Crippen molar-refractivity contribution in [3.05, 3.63) is 46.8 Å². The van der Waals surface area contributed by atoms with Crippen LogP contribution in [0.25, 0.3) is 10.4 Å². The molecule has 0 radical (unpaired) electrons. The maximum Gasteiger partial charge on any atom is 0.416 e. The summed E-state index contributed by atoms with van der Waals surface area (Å²) in [7, 11) is 0. The van der Waals surface area contributed by atoms with E-state index in [2.05, 4.69) is 0 Å².